The van der Waals surface area contributed by atoms with Gasteiger partial charge in [-0.1, -0.05) is 24.3 Å². The summed E-state index contributed by atoms with van der Waals surface area (Å²) in [7, 11) is 0. The molecule has 2 heteroatoms. The van der Waals surface area contributed by atoms with E-state index in [9.17, 15) is 0 Å². The molecule has 0 aromatic heterocycles. The Balaban J connectivity index is 1.45. The molecular weight excluding hydrogens is 256 g/mol. The summed E-state index contributed by atoms with van der Waals surface area (Å²) in [6, 6.07) is 10.8. The predicted molar refractivity (Wildman–Crippen MR) is 87.6 cm³/mol. The fourth-order valence-electron chi connectivity index (χ4n) is 4.34. The van der Waals surface area contributed by atoms with E-state index in [1.807, 2.05) is 0 Å². The normalized spacial score (nSPS) is 29.4. The van der Waals surface area contributed by atoms with Crippen LogP contribution in [0.1, 0.15) is 43.2 Å². The largest absolute Gasteiger partial charge is 0.316 e. The van der Waals surface area contributed by atoms with Crippen LogP contribution >= 0.6 is 0 Å². The predicted octanol–water partition coefficient (Wildman–Crippen LogP) is 3.01. The van der Waals surface area contributed by atoms with Gasteiger partial charge in [0, 0.05) is 18.6 Å². The summed E-state index contributed by atoms with van der Waals surface area (Å²) >= 11 is 0. The average Bonchev–Trinajstić information content (AvgIpc) is 3.38. The van der Waals surface area contributed by atoms with Gasteiger partial charge in [0.2, 0.25) is 0 Å². The van der Waals surface area contributed by atoms with E-state index in [0.29, 0.717) is 0 Å². The standard InChI is InChI=1S/C19H28N2/c1-2-6-17-12-19(8-7-16(17)5-1)21(18-9-10-18)14-15-4-3-11-20-13-15/h1-2,5-6,15,18-20H,3-4,7-14H2. The van der Waals surface area contributed by atoms with Crippen molar-refractivity contribution in [2.75, 3.05) is 19.6 Å². The van der Waals surface area contributed by atoms with Gasteiger partial charge in [-0.05, 0) is 75.1 Å². The summed E-state index contributed by atoms with van der Waals surface area (Å²) in [6.07, 6.45) is 9.63. The summed E-state index contributed by atoms with van der Waals surface area (Å²) in [5, 5.41) is 3.59. The number of rotatable bonds is 4. The monoisotopic (exact) mass is 284 g/mol. The van der Waals surface area contributed by atoms with Crippen LogP contribution in [0, 0.1) is 5.92 Å². The molecule has 1 aliphatic heterocycles. The van der Waals surface area contributed by atoms with Crippen molar-refractivity contribution in [3.05, 3.63) is 35.4 Å². The minimum atomic E-state index is 0.800. The summed E-state index contributed by atoms with van der Waals surface area (Å²) in [6.45, 7) is 3.81. The molecule has 4 rings (SSSR count). The van der Waals surface area contributed by atoms with Gasteiger partial charge in [0.15, 0.2) is 0 Å². The van der Waals surface area contributed by atoms with Crippen molar-refractivity contribution in [3.8, 4) is 0 Å². The number of benzene rings is 1. The fourth-order valence-corrected chi connectivity index (χ4v) is 4.34. The quantitative estimate of drug-likeness (QED) is 0.914. The van der Waals surface area contributed by atoms with Gasteiger partial charge in [-0.2, -0.15) is 0 Å². The Kier molecular flexibility index (Phi) is 4.00. The minimum absolute atomic E-state index is 0.800. The van der Waals surface area contributed by atoms with Crippen molar-refractivity contribution >= 4 is 0 Å². The Morgan fingerprint density at radius 2 is 1.86 bits per heavy atom. The number of hydrogen-bond donors (Lipinski definition) is 1. The van der Waals surface area contributed by atoms with Crippen LogP contribution < -0.4 is 5.32 Å². The number of fused-ring (bicyclic) bond motifs is 1. The van der Waals surface area contributed by atoms with Crippen molar-refractivity contribution in [1.82, 2.24) is 10.2 Å². The van der Waals surface area contributed by atoms with Crippen molar-refractivity contribution in [2.45, 2.75) is 57.0 Å². The summed E-state index contributed by atoms with van der Waals surface area (Å²) in [5.41, 5.74) is 3.21. The first-order chi connectivity index (χ1) is 10.4. The highest BCUT2D eigenvalue weighted by Gasteiger charge is 2.36. The number of nitrogens with zero attached hydrogens (tertiary/aromatic N) is 1. The van der Waals surface area contributed by atoms with E-state index < -0.39 is 0 Å². The molecule has 114 valence electrons. The Hall–Kier alpha value is -0.860. The molecule has 1 N–H and O–H groups in total. The van der Waals surface area contributed by atoms with E-state index in [1.54, 1.807) is 11.1 Å². The second-order valence-electron chi connectivity index (χ2n) is 7.31. The summed E-state index contributed by atoms with van der Waals surface area (Å²) in [4.78, 5) is 2.90. The van der Waals surface area contributed by atoms with Crippen LogP contribution in [0.25, 0.3) is 0 Å². The van der Waals surface area contributed by atoms with Crippen molar-refractivity contribution in [2.24, 2.45) is 5.92 Å². The molecule has 1 aromatic rings. The van der Waals surface area contributed by atoms with Crippen LogP contribution in [-0.2, 0) is 12.8 Å². The smallest absolute Gasteiger partial charge is 0.0142 e. The van der Waals surface area contributed by atoms with Crippen LogP contribution in [-0.4, -0.2) is 36.6 Å². The van der Waals surface area contributed by atoms with Gasteiger partial charge in [-0.3, -0.25) is 4.90 Å². The third-order valence-electron chi connectivity index (χ3n) is 5.67. The molecule has 1 saturated heterocycles. The molecule has 2 aliphatic carbocycles. The lowest BCUT2D eigenvalue weighted by molar-refractivity contribution is 0.133. The first-order valence-electron chi connectivity index (χ1n) is 8.93. The number of hydrogen-bond acceptors (Lipinski definition) is 2. The Morgan fingerprint density at radius 3 is 2.62 bits per heavy atom. The molecule has 2 fully saturated rings. The molecule has 0 amide bonds. The molecule has 21 heavy (non-hydrogen) atoms. The van der Waals surface area contributed by atoms with Gasteiger partial charge in [0.05, 0.1) is 0 Å². The van der Waals surface area contributed by atoms with E-state index in [0.717, 1.165) is 18.0 Å². The zero-order valence-electron chi connectivity index (χ0n) is 13.1. The minimum Gasteiger partial charge on any atom is -0.316 e. The first kappa shape index (κ1) is 13.8. The molecule has 3 aliphatic rings. The van der Waals surface area contributed by atoms with Crippen LogP contribution in [0.2, 0.25) is 0 Å². The maximum absolute atomic E-state index is 3.59. The second-order valence-corrected chi connectivity index (χ2v) is 7.31. The van der Waals surface area contributed by atoms with Crippen molar-refractivity contribution in [3.63, 3.8) is 0 Å². The van der Waals surface area contributed by atoms with Crippen LogP contribution in [0.15, 0.2) is 24.3 Å². The fraction of sp³-hybridized carbons (Fsp3) is 0.684. The Labute approximate surface area is 128 Å². The topological polar surface area (TPSA) is 15.3 Å². The zero-order valence-corrected chi connectivity index (χ0v) is 13.1. The molecule has 2 atom stereocenters. The zero-order chi connectivity index (χ0) is 14.1. The Morgan fingerprint density at radius 1 is 1.00 bits per heavy atom. The van der Waals surface area contributed by atoms with Crippen LogP contribution in [0.5, 0.6) is 0 Å². The molecule has 0 radical (unpaired) electrons. The molecule has 0 bridgehead atoms. The highest BCUT2D eigenvalue weighted by molar-refractivity contribution is 5.30. The third-order valence-corrected chi connectivity index (χ3v) is 5.67. The van der Waals surface area contributed by atoms with Gasteiger partial charge in [0.25, 0.3) is 0 Å². The molecule has 1 heterocycles. The van der Waals surface area contributed by atoms with E-state index in [-0.39, 0.29) is 0 Å². The van der Waals surface area contributed by atoms with E-state index in [2.05, 4.69) is 34.5 Å². The second kappa shape index (κ2) is 6.10. The summed E-state index contributed by atoms with van der Waals surface area (Å²) in [5.74, 6) is 0.886. The number of nitrogens with one attached hydrogen (secondary N) is 1. The number of piperidine rings is 1. The first-order valence-corrected chi connectivity index (χ1v) is 8.93. The van der Waals surface area contributed by atoms with E-state index in [4.69, 9.17) is 0 Å². The maximum Gasteiger partial charge on any atom is 0.0142 e. The van der Waals surface area contributed by atoms with Crippen LogP contribution in [0.4, 0.5) is 0 Å². The molecule has 2 nitrogen and oxygen atoms in total. The van der Waals surface area contributed by atoms with Gasteiger partial charge >= 0.3 is 0 Å². The lowest BCUT2D eigenvalue weighted by Gasteiger charge is -2.38. The summed E-state index contributed by atoms with van der Waals surface area (Å²) < 4.78 is 0. The van der Waals surface area contributed by atoms with E-state index >= 15 is 0 Å². The Bertz CT molecular complexity index is 474. The molecule has 2 unspecified atom stereocenters. The number of aryl methyl sites for hydroxylation is 1. The van der Waals surface area contributed by atoms with Crippen LogP contribution in [0.3, 0.4) is 0 Å². The van der Waals surface area contributed by atoms with Gasteiger partial charge < -0.3 is 5.32 Å². The SMILES string of the molecule is c1ccc2c(c1)CCC(N(CC1CCCNC1)C1CC1)C2. The lowest BCUT2D eigenvalue weighted by Crippen LogP contribution is -2.46. The van der Waals surface area contributed by atoms with Gasteiger partial charge in [-0.15, -0.1) is 0 Å². The molecule has 1 aromatic carbocycles. The van der Waals surface area contributed by atoms with E-state index in [1.165, 1.54) is 64.6 Å². The van der Waals surface area contributed by atoms with Crippen molar-refractivity contribution in [1.29, 1.82) is 0 Å². The highest BCUT2D eigenvalue weighted by Crippen LogP contribution is 2.34. The molecule has 1 saturated carbocycles. The lowest BCUT2D eigenvalue weighted by atomic mass is 9.86. The van der Waals surface area contributed by atoms with Gasteiger partial charge in [0.1, 0.15) is 0 Å². The highest BCUT2D eigenvalue weighted by atomic mass is 15.2. The van der Waals surface area contributed by atoms with Crippen molar-refractivity contribution < 1.29 is 0 Å². The maximum atomic E-state index is 3.59. The third kappa shape index (κ3) is 3.17. The molecular formula is C19H28N2. The molecule has 0 spiro atoms. The average molecular weight is 284 g/mol. The van der Waals surface area contributed by atoms with Gasteiger partial charge in [-0.25, -0.2) is 0 Å².